The van der Waals surface area contributed by atoms with Crippen molar-refractivity contribution < 1.29 is 14.6 Å². The Morgan fingerprint density at radius 2 is 2.10 bits per heavy atom. The molecule has 60 valence electrons. The Morgan fingerprint density at radius 3 is 2.40 bits per heavy atom. The molecular formula is C7H14O3. The fraction of sp³-hybridized carbons (Fsp3) is 1.00. The van der Waals surface area contributed by atoms with E-state index in [-0.39, 0.29) is 18.3 Å². The summed E-state index contributed by atoms with van der Waals surface area (Å²) in [6.07, 6.45) is -0.251. The highest BCUT2D eigenvalue weighted by molar-refractivity contribution is 4.68. The highest BCUT2D eigenvalue weighted by Gasteiger charge is 2.22. The fourth-order valence-corrected chi connectivity index (χ4v) is 0.710. The van der Waals surface area contributed by atoms with Gasteiger partial charge in [-0.2, -0.15) is 0 Å². The van der Waals surface area contributed by atoms with E-state index in [0.29, 0.717) is 13.2 Å². The maximum atomic E-state index is 9.02. The first kappa shape index (κ1) is 7.98. The first-order chi connectivity index (χ1) is 4.70. The van der Waals surface area contributed by atoms with Gasteiger partial charge in [0, 0.05) is 0 Å². The molecule has 1 N–H and O–H groups in total. The molecular weight excluding hydrogens is 132 g/mol. The Balaban J connectivity index is 2.10. The average molecular weight is 146 g/mol. The molecule has 1 heterocycles. The van der Waals surface area contributed by atoms with E-state index in [4.69, 9.17) is 14.6 Å². The fourth-order valence-electron chi connectivity index (χ4n) is 0.710. The summed E-state index contributed by atoms with van der Waals surface area (Å²) in [5, 5.41) is 9.02. The molecule has 1 aliphatic rings. The van der Waals surface area contributed by atoms with E-state index in [1.807, 2.05) is 6.92 Å². The maximum Gasteiger partial charge on any atom is 0.105 e. The third-order valence-corrected chi connectivity index (χ3v) is 1.69. The van der Waals surface area contributed by atoms with Crippen molar-refractivity contribution in [3.63, 3.8) is 0 Å². The van der Waals surface area contributed by atoms with Crippen molar-refractivity contribution in [3.05, 3.63) is 0 Å². The molecule has 1 saturated heterocycles. The van der Waals surface area contributed by atoms with Crippen LogP contribution in [0.2, 0.25) is 0 Å². The van der Waals surface area contributed by atoms with Gasteiger partial charge in [0.15, 0.2) is 0 Å². The van der Waals surface area contributed by atoms with Crippen molar-refractivity contribution in [3.8, 4) is 0 Å². The molecule has 1 fully saturated rings. The van der Waals surface area contributed by atoms with Gasteiger partial charge < -0.3 is 14.6 Å². The summed E-state index contributed by atoms with van der Waals surface area (Å²) < 4.78 is 10.3. The molecule has 2 atom stereocenters. The predicted molar refractivity (Wildman–Crippen MR) is 36.8 cm³/mol. The summed E-state index contributed by atoms with van der Waals surface area (Å²) in [6, 6.07) is 0. The standard InChI is InChI=1S/C7H14O3/c1-5(8)6(2)10-7-3-9-4-7/h5-8H,3-4H2,1-2H3/t5-,6?/m1/s1. The Labute approximate surface area is 60.9 Å². The van der Waals surface area contributed by atoms with Crippen LogP contribution in [0.15, 0.2) is 0 Å². The van der Waals surface area contributed by atoms with E-state index in [9.17, 15) is 0 Å². The highest BCUT2D eigenvalue weighted by atomic mass is 16.6. The van der Waals surface area contributed by atoms with Crippen LogP contribution in [-0.2, 0) is 9.47 Å². The van der Waals surface area contributed by atoms with Crippen LogP contribution in [0.5, 0.6) is 0 Å². The molecule has 0 radical (unpaired) electrons. The van der Waals surface area contributed by atoms with E-state index in [1.54, 1.807) is 6.92 Å². The lowest BCUT2D eigenvalue weighted by molar-refractivity contribution is -0.168. The van der Waals surface area contributed by atoms with Crippen molar-refractivity contribution in [1.29, 1.82) is 0 Å². The van der Waals surface area contributed by atoms with Crippen LogP contribution in [-0.4, -0.2) is 36.6 Å². The Bertz CT molecular complexity index is 99.0. The lowest BCUT2D eigenvalue weighted by Crippen LogP contribution is -2.41. The van der Waals surface area contributed by atoms with Crippen LogP contribution in [0.1, 0.15) is 13.8 Å². The normalized spacial score (nSPS) is 25.5. The molecule has 0 aromatic carbocycles. The quantitative estimate of drug-likeness (QED) is 0.617. The number of rotatable bonds is 3. The van der Waals surface area contributed by atoms with E-state index in [0.717, 1.165) is 0 Å². The molecule has 3 heteroatoms. The zero-order chi connectivity index (χ0) is 7.56. The molecule has 3 nitrogen and oxygen atoms in total. The van der Waals surface area contributed by atoms with Gasteiger partial charge in [-0.25, -0.2) is 0 Å². The van der Waals surface area contributed by atoms with Crippen LogP contribution < -0.4 is 0 Å². The molecule has 1 rings (SSSR count). The van der Waals surface area contributed by atoms with Gasteiger partial charge in [0.05, 0.1) is 25.4 Å². The van der Waals surface area contributed by atoms with Gasteiger partial charge in [0.2, 0.25) is 0 Å². The highest BCUT2D eigenvalue weighted by Crippen LogP contribution is 2.10. The minimum atomic E-state index is -0.388. The third-order valence-electron chi connectivity index (χ3n) is 1.69. The molecule has 0 aliphatic carbocycles. The number of hydrogen-bond donors (Lipinski definition) is 1. The predicted octanol–water partition coefficient (Wildman–Crippen LogP) is 0.171. The number of aliphatic hydroxyl groups excluding tert-OH is 1. The smallest absolute Gasteiger partial charge is 0.105 e. The van der Waals surface area contributed by atoms with Gasteiger partial charge in [0.1, 0.15) is 6.10 Å². The van der Waals surface area contributed by atoms with Crippen molar-refractivity contribution in [2.24, 2.45) is 0 Å². The second kappa shape index (κ2) is 3.32. The van der Waals surface area contributed by atoms with E-state index in [1.165, 1.54) is 0 Å². The second-order valence-electron chi connectivity index (χ2n) is 2.74. The summed E-state index contributed by atoms with van der Waals surface area (Å²) in [6.45, 7) is 4.95. The lowest BCUT2D eigenvalue weighted by atomic mass is 10.2. The van der Waals surface area contributed by atoms with Gasteiger partial charge in [-0.05, 0) is 13.8 Å². The van der Waals surface area contributed by atoms with Crippen LogP contribution in [0.3, 0.4) is 0 Å². The molecule has 0 aromatic heterocycles. The SMILES string of the molecule is CC(OC1COC1)[C@@H](C)O. The molecule has 0 bridgehead atoms. The first-order valence-electron chi connectivity index (χ1n) is 3.61. The van der Waals surface area contributed by atoms with E-state index < -0.39 is 0 Å². The first-order valence-corrected chi connectivity index (χ1v) is 3.61. The topological polar surface area (TPSA) is 38.7 Å². The van der Waals surface area contributed by atoms with E-state index >= 15 is 0 Å². The number of aliphatic hydroxyl groups is 1. The summed E-state index contributed by atoms with van der Waals surface area (Å²) >= 11 is 0. The van der Waals surface area contributed by atoms with Crippen LogP contribution in [0.25, 0.3) is 0 Å². The van der Waals surface area contributed by atoms with Gasteiger partial charge in [-0.1, -0.05) is 0 Å². The van der Waals surface area contributed by atoms with Gasteiger partial charge in [-0.15, -0.1) is 0 Å². The van der Waals surface area contributed by atoms with Crippen molar-refractivity contribution >= 4 is 0 Å². The molecule has 0 saturated carbocycles. The maximum absolute atomic E-state index is 9.02. The van der Waals surface area contributed by atoms with Crippen LogP contribution in [0, 0.1) is 0 Å². The van der Waals surface area contributed by atoms with Gasteiger partial charge in [0.25, 0.3) is 0 Å². The zero-order valence-electron chi connectivity index (χ0n) is 6.41. The largest absolute Gasteiger partial charge is 0.391 e. The zero-order valence-corrected chi connectivity index (χ0v) is 6.41. The summed E-state index contributed by atoms with van der Waals surface area (Å²) in [4.78, 5) is 0. The molecule has 1 aliphatic heterocycles. The van der Waals surface area contributed by atoms with Crippen LogP contribution >= 0.6 is 0 Å². The Kier molecular flexibility index (Phi) is 2.65. The summed E-state index contributed by atoms with van der Waals surface area (Å²) in [5.74, 6) is 0. The monoisotopic (exact) mass is 146 g/mol. The molecule has 10 heavy (non-hydrogen) atoms. The second-order valence-corrected chi connectivity index (χ2v) is 2.74. The number of hydrogen-bond acceptors (Lipinski definition) is 3. The van der Waals surface area contributed by atoms with Crippen molar-refractivity contribution in [1.82, 2.24) is 0 Å². The Hall–Kier alpha value is -0.120. The van der Waals surface area contributed by atoms with Gasteiger partial charge in [-0.3, -0.25) is 0 Å². The van der Waals surface area contributed by atoms with Crippen molar-refractivity contribution in [2.75, 3.05) is 13.2 Å². The minimum Gasteiger partial charge on any atom is -0.391 e. The average Bonchev–Trinajstić information content (AvgIpc) is 1.77. The summed E-state index contributed by atoms with van der Waals surface area (Å²) in [7, 11) is 0. The molecule has 0 aromatic rings. The lowest BCUT2D eigenvalue weighted by Gasteiger charge is -2.30. The van der Waals surface area contributed by atoms with Crippen molar-refractivity contribution in [2.45, 2.75) is 32.2 Å². The number of ether oxygens (including phenoxy) is 2. The Morgan fingerprint density at radius 1 is 1.50 bits per heavy atom. The molecule has 1 unspecified atom stereocenters. The van der Waals surface area contributed by atoms with Crippen LogP contribution in [0.4, 0.5) is 0 Å². The molecule has 0 spiro atoms. The van der Waals surface area contributed by atoms with Gasteiger partial charge >= 0.3 is 0 Å². The third kappa shape index (κ3) is 1.94. The minimum absolute atomic E-state index is 0.0751. The van der Waals surface area contributed by atoms with E-state index in [2.05, 4.69) is 0 Å². The summed E-state index contributed by atoms with van der Waals surface area (Å²) in [5.41, 5.74) is 0. The molecule has 0 amide bonds.